The number of aromatic nitrogens is 2. The van der Waals surface area contributed by atoms with Gasteiger partial charge in [0, 0.05) is 11.1 Å². The average molecular weight is 328 g/mol. The molecular formula is C17H14ClN3O2. The highest BCUT2D eigenvalue weighted by molar-refractivity contribution is 6.34. The first-order valence-electron chi connectivity index (χ1n) is 7.01. The monoisotopic (exact) mass is 327 g/mol. The molecule has 1 N–H and O–H groups in total. The van der Waals surface area contributed by atoms with E-state index in [1.54, 1.807) is 43.3 Å². The van der Waals surface area contributed by atoms with Gasteiger partial charge in [0.1, 0.15) is 0 Å². The van der Waals surface area contributed by atoms with Crippen molar-refractivity contribution in [3.63, 3.8) is 0 Å². The zero-order valence-corrected chi connectivity index (χ0v) is 13.4. The smallest absolute Gasteiger partial charge is 0.257 e. The lowest BCUT2D eigenvalue weighted by Crippen LogP contribution is -2.12. The molecule has 0 saturated heterocycles. The van der Waals surface area contributed by atoms with Crippen LogP contribution in [-0.4, -0.2) is 16.0 Å². The van der Waals surface area contributed by atoms with Crippen molar-refractivity contribution >= 4 is 23.2 Å². The van der Waals surface area contributed by atoms with Crippen molar-refractivity contribution in [1.82, 2.24) is 10.1 Å². The zero-order chi connectivity index (χ0) is 16.4. The van der Waals surface area contributed by atoms with Crippen LogP contribution in [0.1, 0.15) is 21.7 Å². The number of halogens is 1. The molecule has 0 bridgehead atoms. The second-order valence-electron chi connectivity index (χ2n) is 5.16. The van der Waals surface area contributed by atoms with Crippen molar-refractivity contribution < 1.29 is 9.32 Å². The van der Waals surface area contributed by atoms with E-state index in [0.717, 1.165) is 11.1 Å². The maximum atomic E-state index is 12.3. The van der Waals surface area contributed by atoms with Crippen LogP contribution in [0.2, 0.25) is 5.02 Å². The van der Waals surface area contributed by atoms with Gasteiger partial charge in [-0.15, -0.1) is 0 Å². The minimum absolute atomic E-state index is 0.232. The van der Waals surface area contributed by atoms with Crippen molar-refractivity contribution in [1.29, 1.82) is 0 Å². The topological polar surface area (TPSA) is 68.0 Å². The minimum atomic E-state index is -0.232. The molecule has 2 aromatic carbocycles. The van der Waals surface area contributed by atoms with Gasteiger partial charge in [-0.1, -0.05) is 22.8 Å². The van der Waals surface area contributed by atoms with Crippen LogP contribution in [0.5, 0.6) is 0 Å². The maximum absolute atomic E-state index is 12.3. The number of hydrogen-bond donors (Lipinski definition) is 1. The SMILES string of the molecule is Cc1ccc(NC(=O)c2ccc(-c3nc(C)no3)cc2)c(Cl)c1. The van der Waals surface area contributed by atoms with E-state index in [9.17, 15) is 4.79 Å². The zero-order valence-electron chi connectivity index (χ0n) is 12.6. The van der Waals surface area contributed by atoms with Gasteiger partial charge in [-0.3, -0.25) is 4.79 Å². The molecule has 116 valence electrons. The van der Waals surface area contributed by atoms with E-state index in [4.69, 9.17) is 16.1 Å². The molecule has 0 saturated carbocycles. The molecule has 23 heavy (non-hydrogen) atoms. The first-order chi connectivity index (χ1) is 11.0. The molecule has 3 aromatic rings. The number of benzene rings is 2. The Morgan fingerprint density at radius 3 is 2.48 bits per heavy atom. The summed E-state index contributed by atoms with van der Waals surface area (Å²) in [6, 6.07) is 12.4. The summed E-state index contributed by atoms with van der Waals surface area (Å²) in [7, 11) is 0. The lowest BCUT2D eigenvalue weighted by Gasteiger charge is -2.08. The molecule has 5 nitrogen and oxygen atoms in total. The molecule has 0 fully saturated rings. The van der Waals surface area contributed by atoms with Gasteiger partial charge in [0.05, 0.1) is 10.7 Å². The van der Waals surface area contributed by atoms with Crippen LogP contribution < -0.4 is 5.32 Å². The second kappa shape index (κ2) is 6.22. The molecule has 0 spiro atoms. The van der Waals surface area contributed by atoms with E-state index in [1.807, 2.05) is 13.0 Å². The molecular weight excluding hydrogens is 314 g/mol. The Morgan fingerprint density at radius 1 is 1.13 bits per heavy atom. The maximum Gasteiger partial charge on any atom is 0.257 e. The highest BCUT2D eigenvalue weighted by atomic mass is 35.5. The summed E-state index contributed by atoms with van der Waals surface area (Å²) >= 11 is 6.13. The molecule has 0 aliphatic heterocycles. The van der Waals surface area contributed by atoms with E-state index < -0.39 is 0 Å². The van der Waals surface area contributed by atoms with Crippen LogP contribution in [0.3, 0.4) is 0 Å². The van der Waals surface area contributed by atoms with Crippen molar-refractivity contribution in [2.75, 3.05) is 5.32 Å². The van der Waals surface area contributed by atoms with Crippen LogP contribution >= 0.6 is 11.6 Å². The first-order valence-corrected chi connectivity index (χ1v) is 7.39. The number of amides is 1. The summed E-state index contributed by atoms with van der Waals surface area (Å²) in [5.74, 6) is 0.760. The van der Waals surface area contributed by atoms with Gasteiger partial charge in [0.15, 0.2) is 5.82 Å². The van der Waals surface area contributed by atoms with Crippen LogP contribution in [0.4, 0.5) is 5.69 Å². The Hall–Kier alpha value is -2.66. The van der Waals surface area contributed by atoms with E-state index >= 15 is 0 Å². The predicted molar refractivity (Wildman–Crippen MR) is 88.6 cm³/mol. The Kier molecular flexibility index (Phi) is 4.12. The van der Waals surface area contributed by atoms with Gasteiger partial charge >= 0.3 is 0 Å². The molecule has 6 heteroatoms. The first kappa shape index (κ1) is 15.2. The quantitative estimate of drug-likeness (QED) is 0.780. The molecule has 1 heterocycles. The molecule has 0 aliphatic rings. The number of nitrogens with one attached hydrogen (secondary N) is 1. The van der Waals surface area contributed by atoms with Crippen LogP contribution in [0.15, 0.2) is 47.0 Å². The van der Waals surface area contributed by atoms with Gasteiger partial charge in [-0.25, -0.2) is 0 Å². The number of nitrogens with zero attached hydrogens (tertiary/aromatic N) is 2. The number of rotatable bonds is 3. The van der Waals surface area contributed by atoms with E-state index in [1.165, 1.54) is 0 Å². The normalized spacial score (nSPS) is 10.6. The highest BCUT2D eigenvalue weighted by Gasteiger charge is 2.11. The predicted octanol–water partition coefficient (Wildman–Crippen LogP) is 4.26. The number of carbonyl (C=O) groups excluding carboxylic acids is 1. The summed E-state index contributed by atoms with van der Waals surface area (Å²) in [5, 5.41) is 7.05. The van der Waals surface area contributed by atoms with Crippen LogP contribution in [-0.2, 0) is 0 Å². The largest absolute Gasteiger partial charge is 0.334 e. The molecule has 0 radical (unpaired) electrons. The standard InChI is InChI=1S/C17H14ClN3O2/c1-10-3-8-15(14(18)9-10)20-16(22)12-4-6-13(7-5-12)17-19-11(2)21-23-17/h3-9H,1-2H3,(H,20,22). The van der Waals surface area contributed by atoms with Crippen LogP contribution in [0, 0.1) is 13.8 Å². The minimum Gasteiger partial charge on any atom is -0.334 e. The number of anilines is 1. The van der Waals surface area contributed by atoms with Gasteiger partial charge in [-0.2, -0.15) is 4.98 Å². The fraction of sp³-hybridized carbons (Fsp3) is 0.118. The van der Waals surface area contributed by atoms with Crippen molar-refractivity contribution in [2.24, 2.45) is 0 Å². The van der Waals surface area contributed by atoms with Gasteiger partial charge in [0.25, 0.3) is 11.8 Å². The van der Waals surface area contributed by atoms with E-state index in [2.05, 4.69) is 15.5 Å². The van der Waals surface area contributed by atoms with E-state index in [0.29, 0.717) is 28.0 Å². The molecule has 0 aliphatic carbocycles. The summed E-state index contributed by atoms with van der Waals surface area (Å²) < 4.78 is 5.09. The lowest BCUT2D eigenvalue weighted by atomic mass is 10.1. The van der Waals surface area contributed by atoms with Crippen LogP contribution in [0.25, 0.3) is 11.5 Å². The molecule has 0 atom stereocenters. The third-order valence-corrected chi connectivity index (χ3v) is 3.61. The van der Waals surface area contributed by atoms with Gasteiger partial charge in [0.2, 0.25) is 0 Å². The Labute approximate surface area is 138 Å². The summed E-state index contributed by atoms with van der Waals surface area (Å²) in [6.07, 6.45) is 0. The number of carbonyl (C=O) groups is 1. The van der Waals surface area contributed by atoms with E-state index in [-0.39, 0.29) is 5.91 Å². The van der Waals surface area contributed by atoms with Crippen molar-refractivity contribution in [2.45, 2.75) is 13.8 Å². The molecule has 0 unspecified atom stereocenters. The molecule has 1 amide bonds. The second-order valence-corrected chi connectivity index (χ2v) is 5.57. The Bertz CT molecular complexity index is 857. The molecule has 3 rings (SSSR count). The third-order valence-electron chi connectivity index (χ3n) is 3.29. The Balaban J connectivity index is 1.77. The van der Waals surface area contributed by atoms with Crippen molar-refractivity contribution in [3.8, 4) is 11.5 Å². The molecule has 1 aromatic heterocycles. The average Bonchev–Trinajstić information content (AvgIpc) is 2.97. The number of aryl methyl sites for hydroxylation is 2. The van der Waals surface area contributed by atoms with Crippen molar-refractivity contribution in [3.05, 3.63) is 64.4 Å². The highest BCUT2D eigenvalue weighted by Crippen LogP contribution is 2.24. The fourth-order valence-electron chi connectivity index (χ4n) is 2.09. The Morgan fingerprint density at radius 2 is 1.87 bits per heavy atom. The lowest BCUT2D eigenvalue weighted by molar-refractivity contribution is 0.102. The van der Waals surface area contributed by atoms with Gasteiger partial charge < -0.3 is 9.84 Å². The summed E-state index contributed by atoms with van der Waals surface area (Å²) in [4.78, 5) is 16.4. The summed E-state index contributed by atoms with van der Waals surface area (Å²) in [6.45, 7) is 3.69. The third kappa shape index (κ3) is 3.40. The van der Waals surface area contributed by atoms with Gasteiger partial charge in [-0.05, 0) is 55.8 Å². The fourth-order valence-corrected chi connectivity index (χ4v) is 2.38. The summed E-state index contributed by atoms with van der Waals surface area (Å²) in [5.41, 5.74) is 2.89. The number of hydrogen-bond acceptors (Lipinski definition) is 4.